The van der Waals surface area contributed by atoms with Crippen LogP contribution in [-0.4, -0.2) is 17.0 Å². The Kier molecular flexibility index (Phi) is 2.36. The van der Waals surface area contributed by atoms with Gasteiger partial charge in [-0.15, -0.1) is 0 Å². The SMILES string of the molecule is CNc1ccnc(C23CC4CC(C)(CC(C)(C4)C2)C3)n1. The summed E-state index contributed by atoms with van der Waals surface area (Å²) in [5, 5.41) is 3.17. The molecule has 0 spiro atoms. The second kappa shape index (κ2) is 3.75. The van der Waals surface area contributed by atoms with E-state index in [1.807, 2.05) is 19.3 Å². The van der Waals surface area contributed by atoms with Gasteiger partial charge in [-0.1, -0.05) is 13.8 Å². The van der Waals surface area contributed by atoms with Crippen molar-refractivity contribution in [3.05, 3.63) is 18.1 Å². The largest absolute Gasteiger partial charge is 0.373 e. The first-order valence-electron chi connectivity index (χ1n) is 7.96. The van der Waals surface area contributed by atoms with Crippen LogP contribution in [-0.2, 0) is 5.41 Å². The molecule has 0 saturated heterocycles. The van der Waals surface area contributed by atoms with Crippen LogP contribution < -0.4 is 5.32 Å². The van der Waals surface area contributed by atoms with Gasteiger partial charge >= 0.3 is 0 Å². The van der Waals surface area contributed by atoms with Crippen molar-refractivity contribution in [1.29, 1.82) is 0 Å². The molecule has 4 aliphatic rings. The molecule has 4 fully saturated rings. The zero-order valence-electron chi connectivity index (χ0n) is 12.9. The summed E-state index contributed by atoms with van der Waals surface area (Å²) in [6, 6.07) is 1.97. The third-order valence-electron chi connectivity index (χ3n) is 6.01. The van der Waals surface area contributed by atoms with Crippen molar-refractivity contribution in [2.75, 3.05) is 12.4 Å². The number of hydrogen-bond acceptors (Lipinski definition) is 3. The zero-order valence-corrected chi connectivity index (χ0v) is 12.9. The van der Waals surface area contributed by atoms with Gasteiger partial charge in [0.05, 0.1) is 0 Å². The van der Waals surface area contributed by atoms with Gasteiger partial charge in [0.2, 0.25) is 0 Å². The van der Waals surface area contributed by atoms with Gasteiger partial charge in [-0.25, -0.2) is 9.97 Å². The lowest BCUT2D eigenvalue weighted by atomic mass is 9.40. The van der Waals surface area contributed by atoms with Gasteiger partial charge in [0.15, 0.2) is 0 Å². The maximum atomic E-state index is 4.82. The van der Waals surface area contributed by atoms with Crippen LogP contribution in [0.5, 0.6) is 0 Å². The molecule has 0 radical (unpaired) electrons. The van der Waals surface area contributed by atoms with E-state index in [4.69, 9.17) is 4.98 Å². The van der Waals surface area contributed by atoms with E-state index in [9.17, 15) is 0 Å². The van der Waals surface area contributed by atoms with Crippen molar-refractivity contribution in [2.24, 2.45) is 16.7 Å². The molecule has 4 saturated carbocycles. The molecule has 1 heterocycles. The monoisotopic (exact) mass is 271 g/mol. The molecule has 2 atom stereocenters. The molecule has 20 heavy (non-hydrogen) atoms. The number of nitrogens with zero attached hydrogens (tertiary/aromatic N) is 2. The van der Waals surface area contributed by atoms with Gasteiger partial charge < -0.3 is 5.32 Å². The van der Waals surface area contributed by atoms with Gasteiger partial charge in [-0.05, 0) is 61.3 Å². The molecular formula is C17H25N3. The van der Waals surface area contributed by atoms with Gasteiger partial charge in [0.25, 0.3) is 0 Å². The average Bonchev–Trinajstić information content (AvgIpc) is 2.34. The van der Waals surface area contributed by atoms with E-state index in [-0.39, 0.29) is 5.41 Å². The summed E-state index contributed by atoms with van der Waals surface area (Å²) in [6.07, 6.45) is 10.1. The van der Waals surface area contributed by atoms with Crippen molar-refractivity contribution >= 4 is 5.82 Å². The van der Waals surface area contributed by atoms with E-state index in [0.717, 1.165) is 17.6 Å². The summed E-state index contributed by atoms with van der Waals surface area (Å²) in [5.74, 6) is 2.95. The molecule has 1 N–H and O–H groups in total. The highest BCUT2D eigenvalue weighted by Crippen LogP contribution is 2.69. The number of aromatic nitrogens is 2. The highest BCUT2D eigenvalue weighted by atomic mass is 15.0. The standard InChI is InChI=1S/C17H25N3/c1-15-6-12-7-16(2,9-15)11-17(8-12,10-15)14-19-5-4-13(18-3)20-14/h4-5,12H,6-11H2,1-3H3,(H,18,19,20). The molecule has 108 valence electrons. The van der Waals surface area contributed by atoms with E-state index in [1.54, 1.807) is 0 Å². The molecular weight excluding hydrogens is 246 g/mol. The van der Waals surface area contributed by atoms with Crippen LogP contribution in [0.3, 0.4) is 0 Å². The first kappa shape index (κ1) is 12.6. The lowest BCUT2D eigenvalue weighted by Gasteiger charge is -2.64. The second-order valence-corrected chi connectivity index (χ2v) is 8.43. The van der Waals surface area contributed by atoms with Crippen molar-refractivity contribution in [1.82, 2.24) is 9.97 Å². The molecule has 1 aromatic rings. The Morgan fingerprint density at radius 1 is 1.10 bits per heavy atom. The Morgan fingerprint density at radius 3 is 2.40 bits per heavy atom. The predicted octanol–water partition coefficient (Wildman–Crippen LogP) is 3.77. The predicted molar refractivity (Wildman–Crippen MR) is 80.7 cm³/mol. The highest BCUT2D eigenvalue weighted by molar-refractivity contribution is 5.34. The Hall–Kier alpha value is -1.12. The third-order valence-corrected chi connectivity index (χ3v) is 6.01. The van der Waals surface area contributed by atoms with Crippen LogP contribution in [0.2, 0.25) is 0 Å². The number of anilines is 1. The van der Waals surface area contributed by atoms with Crippen LogP contribution in [0.1, 0.15) is 58.2 Å². The topological polar surface area (TPSA) is 37.8 Å². The Bertz CT molecular complexity index is 535. The van der Waals surface area contributed by atoms with Crippen molar-refractivity contribution in [2.45, 2.75) is 57.8 Å². The Morgan fingerprint density at radius 2 is 1.80 bits per heavy atom. The van der Waals surface area contributed by atoms with Crippen LogP contribution >= 0.6 is 0 Å². The molecule has 0 aliphatic heterocycles. The van der Waals surface area contributed by atoms with E-state index in [2.05, 4.69) is 24.1 Å². The van der Waals surface area contributed by atoms with Crippen molar-refractivity contribution in [3.63, 3.8) is 0 Å². The quantitative estimate of drug-likeness (QED) is 0.890. The first-order valence-corrected chi connectivity index (χ1v) is 7.96. The summed E-state index contributed by atoms with van der Waals surface area (Å²) in [6.45, 7) is 5.01. The summed E-state index contributed by atoms with van der Waals surface area (Å²) in [5.41, 5.74) is 1.29. The maximum absolute atomic E-state index is 4.82. The normalized spacial score (nSPS) is 45.6. The summed E-state index contributed by atoms with van der Waals surface area (Å²) in [4.78, 5) is 9.51. The molecule has 3 heteroatoms. The Labute approximate surface area is 121 Å². The fraction of sp³-hybridized carbons (Fsp3) is 0.765. The number of hydrogen-bond donors (Lipinski definition) is 1. The van der Waals surface area contributed by atoms with Crippen LogP contribution in [0, 0.1) is 16.7 Å². The molecule has 1 aromatic heterocycles. The maximum Gasteiger partial charge on any atom is 0.136 e. The number of rotatable bonds is 2. The lowest BCUT2D eigenvalue weighted by Crippen LogP contribution is -2.57. The molecule has 4 aliphatic carbocycles. The first-order chi connectivity index (χ1) is 9.44. The van der Waals surface area contributed by atoms with E-state index in [1.165, 1.54) is 38.5 Å². The minimum Gasteiger partial charge on any atom is -0.373 e. The smallest absolute Gasteiger partial charge is 0.136 e. The zero-order chi connectivity index (χ0) is 14.0. The van der Waals surface area contributed by atoms with Crippen LogP contribution in [0.15, 0.2) is 12.3 Å². The molecule has 3 nitrogen and oxygen atoms in total. The van der Waals surface area contributed by atoms with Crippen LogP contribution in [0.4, 0.5) is 5.82 Å². The molecule has 2 unspecified atom stereocenters. The summed E-state index contributed by atoms with van der Waals surface area (Å²) in [7, 11) is 1.94. The lowest BCUT2D eigenvalue weighted by molar-refractivity contribution is -0.112. The summed E-state index contributed by atoms with van der Waals surface area (Å²) >= 11 is 0. The molecule has 0 aromatic carbocycles. The molecule has 4 bridgehead atoms. The van der Waals surface area contributed by atoms with E-state index < -0.39 is 0 Å². The van der Waals surface area contributed by atoms with Crippen LogP contribution in [0.25, 0.3) is 0 Å². The minimum absolute atomic E-state index is 0.246. The fourth-order valence-electron chi connectivity index (χ4n) is 6.45. The van der Waals surface area contributed by atoms with Gasteiger partial charge in [0.1, 0.15) is 11.6 Å². The number of nitrogens with one attached hydrogen (secondary N) is 1. The third kappa shape index (κ3) is 1.71. The average molecular weight is 271 g/mol. The Balaban J connectivity index is 1.80. The van der Waals surface area contributed by atoms with E-state index in [0.29, 0.717) is 10.8 Å². The molecule has 0 amide bonds. The second-order valence-electron chi connectivity index (χ2n) is 8.43. The highest BCUT2D eigenvalue weighted by Gasteiger charge is 2.61. The van der Waals surface area contributed by atoms with Crippen molar-refractivity contribution in [3.8, 4) is 0 Å². The van der Waals surface area contributed by atoms with Gasteiger partial charge in [-0.3, -0.25) is 0 Å². The van der Waals surface area contributed by atoms with Crippen molar-refractivity contribution < 1.29 is 0 Å². The fourth-order valence-corrected chi connectivity index (χ4v) is 6.45. The minimum atomic E-state index is 0.246. The molecule has 5 rings (SSSR count). The van der Waals surface area contributed by atoms with Gasteiger partial charge in [-0.2, -0.15) is 0 Å². The van der Waals surface area contributed by atoms with E-state index >= 15 is 0 Å². The summed E-state index contributed by atoms with van der Waals surface area (Å²) < 4.78 is 0. The van der Waals surface area contributed by atoms with Gasteiger partial charge in [0, 0.05) is 18.7 Å².